The summed E-state index contributed by atoms with van der Waals surface area (Å²) >= 11 is 8.34. The Morgan fingerprint density at radius 2 is 2.21 bits per heavy atom. The van der Waals surface area contributed by atoms with Crippen molar-refractivity contribution in [3.8, 4) is 0 Å². The van der Waals surface area contributed by atoms with Gasteiger partial charge < -0.3 is 9.67 Å². The van der Waals surface area contributed by atoms with Crippen LogP contribution >= 0.6 is 34.2 Å². The second kappa shape index (κ2) is 7.26. The van der Waals surface area contributed by atoms with E-state index in [0.717, 1.165) is 14.6 Å². The Labute approximate surface area is 159 Å². The van der Waals surface area contributed by atoms with E-state index in [2.05, 4.69) is 39.1 Å². The average molecular weight is 463 g/mol. The summed E-state index contributed by atoms with van der Waals surface area (Å²) in [5.74, 6) is 0. The predicted molar refractivity (Wildman–Crippen MR) is 103 cm³/mol. The van der Waals surface area contributed by atoms with Crippen molar-refractivity contribution < 1.29 is 9.90 Å². The monoisotopic (exact) mass is 462 g/mol. The summed E-state index contributed by atoms with van der Waals surface area (Å²) in [6, 6.07) is -0.296. The Balaban J connectivity index is 2.27. The van der Waals surface area contributed by atoms with E-state index >= 15 is 0 Å². The van der Waals surface area contributed by atoms with Gasteiger partial charge in [-0.1, -0.05) is 17.7 Å². The second-order valence-corrected chi connectivity index (χ2v) is 7.97. The molecule has 2 aromatic heterocycles. The molecule has 1 atom stereocenters. The molecular weight excluding hydrogens is 443 g/mol. The van der Waals surface area contributed by atoms with Gasteiger partial charge in [-0.05, 0) is 49.8 Å². The zero-order valence-corrected chi connectivity index (χ0v) is 16.7. The Kier molecular flexibility index (Phi) is 5.74. The molecule has 24 heavy (non-hydrogen) atoms. The number of aryl methyl sites for hydroxylation is 1. The maximum atomic E-state index is 11.7. The standard InChI is InChI=1S/C16H20ClIN4O2/c1-5-10(22(15(23)24)16(2,3)4)6-7-21-8-11(18)12-13(17)19-9-20-14(12)21/h5,8-10H,1,6-7H2,2-4H3,(H,23,24). The average Bonchev–Trinajstić information content (AvgIpc) is 2.79. The van der Waals surface area contributed by atoms with Gasteiger partial charge in [-0.3, -0.25) is 4.90 Å². The topological polar surface area (TPSA) is 71.2 Å². The molecule has 0 aliphatic heterocycles. The molecule has 8 heteroatoms. The molecule has 0 aliphatic carbocycles. The maximum Gasteiger partial charge on any atom is 0.408 e. The van der Waals surface area contributed by atoms with Crippen LogP contribution in [0.4, 0.5) is 4.79 Å². The maximum absolute atomic E-state index is 11.7. The highest BCUT2D eigenvalue weighted by atomic mass is 127. The van der Waals surface area contributed by atoms with Gasteiger partial charge in [0, 0.05) is 21.9 Å². The molecule has 0 saturated heterocycles. The van der Waals surface area contributed by atoms with Gasteiger partial charge in [-0.25, -0.2) is 14.8 Å². The summed E-state index contributed by atoms with van der Waals surface area (Å²) in [7, 11) is 0. The van der Waals surface area contributed by atoms with E-state index in [1.54, 1.807) is 6.08 Å². The van der Waals surface area contributed by atoms with Gasteiger partial charge in [0.15, 0.2) is 0 Å². The first-order chi connectivity index (χ1) is 11.2. The minimum atomic E-state index is -0.954. The number of carbonyl (C=O) groups is 1. The van der Waals surface area contributed by atoms with E-state index < -0.39 is 11.6 Å². The molecule has 130 valence electrons. The zero-order chi connectivity index (χ0) is 18.1. The normalized spacial score (nSPS) is 13.0. The smallest absolute Gasteiger partial charge is 0.408 e. The van der Waals surface area contributed by atoms with Crippen molar-refractivity contribution in [3.05, 3.63) is 33.9 Å². The first-order valence-corrected chi connectivity index (χ1v) is 8.92. The second-order valence-electron chi connectivity index (χ2n) is 6.45. The molecule has 0 fully saturated rings. The lowest BCUT2D eigenvalue weighted by Crippen LogP contribution is -2.50. The first kappa shape index (κ1) is 19.0. The summed E-state index contributed by atoms with van der Waals surface area (Å²) in [6.07, 6.45) is 4.70. The minimum Gasteiger partial charge on any atom is -0.465 e. The van der Waals surface area contributed by atoms with Crippen LogP contribution in [0.3, 0.4) is 0 Å². The highest BCUT2D eigenvalue weighted by Gasteiger charge is 2.31. The van der Waals surface area contributed by atoms with E-state index in [0.29, 0.717) is 18.1 Å². The lowest BCUT2D eigenvalue weighted by atomic mass is 10.0. The molecule has 0 aromatic carbocycles. The summed E-state index contributed by atoms with van der Waals surface area (Å²) in [5.41, 5.74) is 0.239. The van der Waals surface area contributed by atoms with E-state index in [1.807, 2.05) is 31.5 Å². The van der Waals surface area contributed by atoms with Crippen LogP contribution < -0.4 is 0 Å². The third-order valence-corrected chi connectivity index (χ3v) is 4.86. The molecule has 0 aliphatic rings. The Bertz CT molecular complexity index is 769. The van der Waals surface area contributed by atoms with Gasteiger partial charge in [0.05, 0.1) is 11.4 Å². The summed E-state index contributed by atoms with van der Waals surface area (Å²) in [6.45, 7) is 10.0. The number of carboxylic acid groups (broad SMARTS) is 1. The van der Waals surface area contributed by atoms with E-state index in [-0.39, 0.29) is 6.04 Å². The largest absolute Gasteiger partial charge is 0.465 e. The molecule has 2 heterocycles. The quantitative estimate of drug-likeness (QED) is 0.406. The Morgan fingerprint density at radius 1 is 1.54 bits per heavy atom. The highest BCUT2D eigenvalue weighted by Crippen LogP contribution is 2.27. The third kappa shape index (κ3) is 3.83. The molecule has 6 nitrogen and oxygen atoms in total. The van der Waals surface area contributed by atoms with Crippen molar-refractivity contribution in [3.63, 3.8) is 0 Å². The number of amides is 1. The van der Waals surface area contributed by atoms with Crippen LogP contribution in [0.25, 0.3) is 11.0 Å². The molecule has 0 radical (unpaired) electrons. The zero-order valence-electron chi connectivity index (χ0n) is 13.8. The van der Waals surface area contributed by atoms with Gasteiger partial charge in [-0.15, -0.1) is 6.58 Å². The summed E-state index contributed by atoms with van der Waals surface area (Å²) in [5, 5.41) is 10.8. The molecule has 0 saturated carbocycles. The minimum absolute atomic E-state index is 0.296. The van der Waals surface area contributed by atoms with Crippen LogP contribution in [0, 0.1) is 3.57 Å². The highest BCUT2D eigenvalue weighted by molar-refractivity contribution is 14.1. The fourth-order valence-corrected chi connectivity index (χ4v) is 3.98. The van der Waals surface area contributed by atoms with Gasteiger partial charge in [0.25, 0.3) is 0 Å². The van der Waals surface area contributed by atoms with Gasteiger partial charge >= 0.3 is 6.09 Å². The number of halogens is 2. The van der Waals surface area contributed by atoms with Gasteiger partial charge in [-0.2, -0.15) is 0 Å². The van der Waals surface area contributed by atoms with Crippen LogP contribution in [0.2, 0.25) is 5.15 Å². The molecule has 0 spiro atoms. The van der Waals surface area contributed by atoms with E-state index in [4.69, 9.17) is 11.6 Å². The Hall–Kier alpha value is -1.35. The van der Waals surface area contributed by atoms with Crippen molar-refractivity contribution in [2.45, 2.75) is 45.3 Å². The van der Waals surface area contributed by atoms with Crippen LogP contribution in [-0.4, -0.2) is 42.2 Å². The number of nitrogens with zero attached hydrogens (tertiary/aromatic N) is 4. The molecule has 0 bridgehead atoms. The number of aromatic nitrogens is 3. The van der Waals surface area contributed by atoms with E-state index in [9.17, 15) is 9.90 Å². The van der Waals surface area contributed by atoms with Gasteiger partial charge in [0.1, 0.15) is 17.1 Å². The van der Waals surface area contributed by atoms with Crippen LogP contribution in [0.1, 0.15) is 27.2 Å². The van der Waals surface area contributed by atoms with Crippen LogP contribution in [0.15, 0.2) is 25.2 Å². The lowest BCUT2D eigenvalue weighted by Gasteiger charge is -2.38. The van der Waals surface area contributed by atoms with Crippen molar-refractivity contribution in [1.82, 2.24) is 19.4 Å². The van der Waals surface area contributed by atoms with Crippen molar-refractivity contribution in [1.29, 1.82) is 0 Å². The molecular formula is C16H20ClIN4O2. The SMILES string of the molecule is C=CC(CCn1cc(I)c2c(Cl)ncnc21)N(C(=O)O)C(C)(C)C. The number of hydrogen-bond donors (Lipinski definition) is 1. The number of fused-ring (bicyclic) bond motifs is 1. The van der Waals surface area contributed by atoms with Crippen LogP contribution in [-0.2, 0) is 6.54 Å². The van der Waals surface area contributed by atoms with Crippen molar-refractivity contribution >= 4 is 51.3 Å². The first-order valence-electron chi connectivity index (χ1n) is 7.46. The number of rotatable bonds is 5. The Morgan fingerprint density at radius 3 is 2.75 bits per heavy atom. The molecule has 1 N–H and O–H groups in total. The summed E-state index contributed by atoms with van der Waals surface area (Å²) in [4.78, 5) is 21.4. The lowest BCUT2D eigenvalue weighted by molar-refractivity contribution is 0.0798. The van der Waals surface area contributed by atoms with Crippen molar-refractivity contribution in [2.75, 3.05) is 0 Å². The number of hydrogen-bond acceptors (Lipinski definition) is 3. The fourth-order valence-electron chi connectivity index (χ4n) is 2.76. The van der Waals surface area contributed by atoms with Gasteiger partial charge in [0.2, 0.25) is 0 Å². The molecule has 2 rings (SSSR count). The third-order valence-electron chi connectivity index (χ3n) is 3.76. The predicted octanol–water partition coefficient (Wildman–Crippen LogP) is 4.41. The fraction of sp³-hybridized carbons (Fsp3) is 0.438. The molecule has 2 aromatic rings. The summed E-state index contributed by atoms with van der Waals surface area (Å²) < 4.78 is 2.94. The van der Waals surface area contributed by atoms with Crippen molar-refractivity contribution in [2.24, 2.45) is 0 Å². The van der Waals surface area contributed by atoms with E-state index in [1.165, 1.54) is 11.2 Å². The van der Waals surface area contributed by atoms with Crippen LogP contribution in [0.5, 0.6) is 0 Å². The molecule has 1 unspecified atom stereocenters. The molecule has 1 amide bonds.